The highest BCUT2D eigenvalue weighted by Gasteiger charge is 2.16. The third-order valence-corrected chi connectivity index (χ3v) is 2.54. The number of nitrogens with one attached hydrogen (secondary N) is 1. The summed E-state index contributed by atoms with van der Waals surface area (Å²) in [6.07, 6.45) is 4.37. The molecule has 0 fully saturated rings. The monoisotopic (exact) mass is 215 g/mol. The molecule has 92 valence electrons. The molecule has 0 aromatic carbocycles. The minimum Gasteiger partial charge on any atom is -0.392 e. The average molecular weight is 215 g/mol. The number of aliphatic hydroxyl groups excluding tert-OH is 1. The summed E-state index contributed by atoms with van der Waals surface area (Å²) in [6, 6.07) is 0.527. The highest BCUT2D eigenvalue weighted by molar-refractivity contribution is 4.71. The fourth-order valence-electron chi connectivity index (χ4n) is 1.73. The van der Waals surface area contributed by atoms with Crippen molar-refractivity contribution in [1.82, 2.24) is 5.32 Å². The van der Waals surface area contributed by atoms with Crippen LogP contribution in [0.15, 0.2) is 0 Å². The topological polar surface area (TPSA) is 32.3 Å². The van der Waals surface area contributed by atoms with E-state index in [0.717, 1.165) is 13.0 Å². The lowest BCUT2D eigenvalue weighted by Crippen LogP contribution is -2.35. The van der Waals surface area contributed by atoms with E-state index in [1.807, 2.05) is 0 Å². The lowest BCUT2D eigenvalue weighted by molar-refractivity contribution is 0.116. The van der Waals surface area contributed by atoms with Crippen LogP contribution in [0.1, 0.15) is 60.3 Å². The van der Waals surface area contributed by atoms with E-state index in [4.69, 9.17) is 0 Å². The van der Waals surface area contributed by atoms with Gasteiger partial charge in [-0.05, 0) is 25.2 Å². The van der Waals surface area contributed by atoms with E-state index in [9.17, 15) is 5.11 Å². The number of aliphatic hydroxyl groups is 1. The number of unbranched alkanes of at least 4 members (excludes halogenated alkanes) is 1. The van der Waals surface area contributed by atoms with Gasteiger partial charge in [0.25, 0.3) is 0 Å². The molecule has 0 aromatic rings. The highest BCUT2D eigenvalue weighted by Crippen LogP contribution is 2.20. The van der Waals surface area contributed by atoms with E-state index in [-0.39, 0.29) is 11.5 Å². The van der Waals surface area contributed by atoms with Gasteiger partial charge in [-0.25, -0.2) is 0 Å². The molecule has 0 heterocycles. The molecule has 0 amide bonds. The van der Waals surface area contributed by atoms with Crippen LogP contribution in [-0.2, 0) is 0 Å². The van der Waals surface area contributed by atoms with Crippen molar-refractivity contribution in [1.29, 1.82) is 0 Å². The summed E-state index contributed by atoms with van der Waals surface area (Å²) in [5.41, 5.74) is 0.216. The van der Waals surface area contributed by atoms with Crippen molar-refractivity contribution in [2.75, 3.05) is 6.54 Å². The maximum Gasteiger partial charge on any atom is 0.0669 e. The Balaban J connectivity index is 3.57. The molecule has 0 aliphatic carbocycles. The van der Waals surface area contributed by atoms with Crippen LogP contribution in [0.5, 0.6) is 0 Å². The lowest BCUT2D eigenvalue weighted by atomic mass is 9.89. The lowest BCUT2D eigenvalue weighted by Gasteiger charge is -2.24. The predicted molar refractivity (Wildman–Crippen MR) is 67.1 cm³/mol. The Morgan fingerprint density at radius 3 is 2.33 bits per heavy atom. The van der Waals surface area contributed by atoms with Crippen molar-refractivity contribution in [2.24, 2.45) is 5.41 Å². The second-order valence-corrected chi connectivity index (χ2v) is 5.87. The second-order valence-electron chi connectivity index (χ2n) is 5.87. The van der Waals surface area contributed by atoms with Crippen LogP contribution in [0, 0.1) is 5.41 Å². The first-order valence-electron chi connectivity index (χ1n) is 6.26. The molecule has 0 saturated heterocycles. The van der Waals surface area contributed by atoms with E-state index in [2.05, 4.69) is 39.9 Å². The molecule has 0 bridgehead atoms. The zero-order valence-electron chi connectivity index (χ0n) is 11.1. The van der Waals surface area contributed by atoms with E-state index in [1.54, 1.807) is 0 Å². The van der Waals surface area contributed by atoms with Gasteiger partial charge >= 0.3 is 0 Å². The molecule has 0 spiro atoms. The van der Waals surface area contributed by atoms with Gasteiger partial charge in [-0.3, -0.25) is 0 Å². The van der Waals surface area contributed by atoms with Crippen molar-refractivity contribution in [3.8, 4) is 0 Å². The van der Waals surface area contributed by atoms with Gasteiger partial charge < -0.3 is 10.4 Å². The minimum absolute atomic E-state index is 0.214. The average Bonchev–Trinajstić information content (AvgIpc) is 2.08. The van der Waals surface area contributed by atoms with Crippen molar-refractivity contribution in [3.05, 3.63) is 0 Å². The van der Waals surface area contributed by atoms with Gasteiger partial charge in [-0.1, -0.05) is 40.5 Å². The molecule has 0 aliphatic rings. The molecule has 0 saturated carbocycles. The van der Waals surface area contributed by atoms with Crippen molar-refractivity contribution >= 4 is 0 Å². The first kappa shape index (κ1) is 14.9. The van der Waals surface area contributed by atoms with Gasteiger partial charge in [-0.15, -0.1) is 0 Å². The summed E-state index contributed by atoms with van der Waals surface area (Å²) in [6.45, 7) is 11.6. The molecule has 2 atom stereocenters. The van der Waals surface area contributed by atoms with E-state index < -0.39 is 0 Å². The van der Waals surface area contributed by atoms with Crippen molar-refractivity contribution < 1.29 is 5.11 Å². The third-order valence-electron chi connectivity index (χ3n) is 2.54. The molecule has 0 radical (unpaired) electrons. The molecule has 0 aromatic heterocycles. The van der Waals surface area contributed by atoms with E-state index in [0.29, 0.717) is 6.04 Å². The maximum absolute atomic E-state index is 9.80. The molecule has 15 heavy (non-hydrogen) atoms. The Bertz CT molecular complexity index is 151. The van der Waals surface area contributed by atoms with Crippen LogP contribution in [0.3, 0.4) is 0 Å². The normalized spacial score (nSPS) is 16.4. The van der Waals surface area contributed by atoms with E-state index in [1.165, 1.54) is 19.3 Å². The van der Waals surface area contributed by atoms with E-state index >= 15 is 0 Å². The summed E-state index contributed by atoms with van der Waals surface area (Å²) in [4.78, 5) is 0. The Morgan fingerprint density at radius 2 is 1.87 bits per heavy atom. The highest BCUT2D eigenvalue weighted by atomic mass is 16.3. The molecule has 2 heteroatoms. The Hall–Kier alpha value is -0.0800. The quantitative estimate of drug-likeness (QED) is 0.684. The summed E-state index contributed by atoms with van der Waals surface area (Å²) >= 11 is 0. The summed E-state index contributed by atoms with van der Waals surface area (Å²) in [5.74, 6) is 0. The molecular weight excluding hydrogens is 186 g/mol. The Kier molecular flexibility index (Phi) is 7.20. The zero-order valence-corrected chi connectivity index (χ0v) is 11.1. The zero-order chi connectivity index (χ0) is 11.9. The van der Waals surface area contributed by atoms with Crippen LogP contribution in [0.2, 0.25) is 0 Å². The van der Waals surface area contributed by atoms with Gasteiger partial charge in [-0.2, -0.15) is 0 Å². The fourth-order valence-corrected chi connectivity index (χ4v) is 1.73. The van der Waals surface area contributed by atoms with Crippen LogP contribution in [0.4, 0.5) is 0 Å². The van der Waals surface area contributed by atoms with Gasteiger partial charge in [0.1, 0.15) is 0 Å². The van der Waals surface area contributed by atoms with Crippen LogP contribution in [-0.4, -0.2) is 23.8 Å². The SMILES string of the molecule is CCCCC(C)NCC(O)CC(C)(C)C. The molecule has 2 nitrogen and oxygen atoms in total. The predicted octanol–water partition coefficient (Wildman–Crippen LogP) is 2.95. The summed E-state index contributed by atoms with van der Waals surface area (Å²) < 4.78 is 0. The largest absolute Gasteiger partial charge is 0.392 e. The van der Waals surface area contributed by atoms with Gasteiger partial charge in [0.15, 0.2) is 0 Å². The first-order chi connectivity index (χ1) is 6.85. The minimum atomic E-state index is -0.214. The van der Waals surface area contributed by atoms with Crippen LogP contribution in [0.25, 0.3) is 0 Å². The van der Waals surface area contributed by atoms with Gasteiger partial charge in [0.2, 0.25) is 0 Å². The van der Waals surface area contributed by atoms with Crippen LogP contribution >= 0.6 is 0 Å². The number of hydrogen-bond acceptors (Lipinski definition) is 2. The molecular formula is C13H29NO. The van der Waals surface area contributed by atoms with Gasteiger partial charge in [0.05, 0.1) is 6.10 Å². The Labute approximate surface area is 95.5 Å². The summed E-state index contributed by atoms with van der Waals surface area (Å²) in [7, 11) is 0. The fraction of sp³-hybridized carbons (Fsp3) is 1.00. The molecule has 0 rings (SSSR count). The standard InChI is InChI=1S/C13H29NO/c1-6-7-8-11(2)14-10-12(15)9-13(3,4)5/h11-12,14-15H,6-10H2,1-5H3. The summed E-state index contributed by atoms with van der Waals surface area (Å²) in [5, 5.41) is 13.2. The second kappa shape index (κ2) is 7.24. The number of rotatable bonds is 7. The van der Waals surface area contributed by atoms with Crippen molar-refractivity contribution in [3.63, 3.8) is 0 Å². The first-order valence-corrected chi connectivity index (χ1v) is 6.26. The van der Waals surface area contributed by atoms with Crippen molar-refractivity contribution in [2.45, 2.75) is 72.4 Å². The Morgan fingerprint density at radius 1 is 1.27 bits per heavy atom. The maximum atomic E-state index is 9.80. The van der Waals surface area contributed by atoms with Crippen LogP contribution < -0.4 is 5.32 Å². The molecule has 0 aliphatic heterocycles. The molecule has 2 N–H and O–H groups in total. The van der Waals surface area contributed by atoms with Gasteiger partial charge in [0, 0.05) is 12.6 Å². The third kappa shape index (κ3) is 10.2. The number of hydrogen-bond donors (Lipinski definition) is 2. The molecule has 2 unspecified atom stereocenters. The smallest absolute Gasteiger partial charge is 0.0669 e.